The Morgan fingerprint density at radius 1 is 0.872 bits per heavy atom. The van der Waals surface area contributed by atoms with Crippen molar-refractivity contribution in [2.24, 2.45) is 0 Å². The first-order valence-electron chi connectivity index (χ1n) is 12.3. The summed E-state index contributed by atoms with van der Waals surface area (Å²) >= 11 is 0. The Morgan fingerprint density at radius 3 is 2.15 bits per heavy atom. The highest BCUT2D eigenvalue weighted by atomic mass is 16.5. The number of carbonyl (C=O) groups is 1. The smallest absolute Gasteiger partial charge is 0.341 e. The Hall–Kier alpha value is -4.91. The second kappa shape index (κ2) is 12.1. The number of aromatic hydroxyl groups is 1. The van der Waals surface area contributed by atoms with E-state index in [1.54, 1.807) is 33.5 Å². The average molecular weight is 526 g/mol. The lowest BCUT2D eigenvalue weighted by molar-refractivity contribution is 0.0695. The summed E-state index contributed by atoms with van der Waals surface area (Å²) in [5.74, 6) is 0.461. The van der Waals surface area contributed by atoms with Gasteiger partial charge in [-0.3, -0.25) is 0 Å². The highest BCUT2D eigenvalue weighted by Crippen LogP contribution is 2.34. The number of anilines is 1. The number of carboxylic acid groups (broad SMARTS) is 1. The molecule has 0 fully saturated rings. The number of rotatable bonds is 10. The van der Waals surface area contributed by atoms with Gasteiger partial charge in [-0.1, -0.05) is 48.6 Å². The molecule has 0 aromatic heterocycles. The molecule has 0 saturated heterocycles. The van der Waals surface area contributed by atoms with Gasteiger partial charge in [0.15, 0.2) is 0 Å². The Kier molecular flexibility index (Phi) is 8.41. The zero-order valence-corrected chi connectivity index (χ0v) is 22.3. The van der Waals surface area contributed by atoms with Crippen molar-refractivity contribution in [2.45, 2.75) is 13.5 Å². The van der Waals surface area contributed by atoms with E-state index in [-0.39, 0.29) is 17.9 Å². The molecule has 0 aliphatic heterocycles. The molecule has 3 N–H and O–H groups in total. The van der Waals surface area contributed by atoms with E-state index in [1.165, 1.54) is 6.07 Å². The van der Waals surface area contributed by atoms with Gasteiger partial charge < -0.3 is 29.7 Å². The SMILES string of the molecule is COc1ccc(-c2cccc(/C=C/c3cc(OC)c(CNc4cccc(O)c4C(=O)O)c(OC)c3)c2C)cc1. The molecule has 39 heavy (non-hydrogen) atoms. The van der Waals surface area contributed by atoms with Gasteiger partial charge in [-0.15, -0.1) is 0 Å². The number of carboxylic acids is 1. The molecular formula is C32H31NO6. The van der Waals surface area contributed by atoms with E-state index in [4.69, 9.17) is 14.2 Å². The predicted molar refractivity (Wildman–Crippen MR) is 154 cm³/mol. The molecule has 0 radical (unpaired) electrons. The normalized spacial score (nSPS) is 10.9. The topological polar surface area (TPSA) is 97.2 Å². The molecular weight excluding hydrogens is 494 g/mol. The first-order chi connectivity index (χ1) is 18.9. The van der Waals surface area contributed by atoms with Crippen LogP contribution in [0.3, 0.4) is 0 Å². The van der Waals surface area contributed by atoms with E-state index in [0.717, 1.165) is 39.1 Å². The Bertz CT molecular complexity index is 1480. The first-order valence-corrected chi connectivity index (χ1v) is 12.3. The Morgan fingerprint density at radius 2 is 1.54 bits per heavy atom. The standard InChI is InChI=1S/C32H31NO6/c1-20-22(7-5-8-25(20)23-13-15-24(37-2)16-14-23)12-11-21-17-29(38-3)26(30(18-21)39-4)19-33-27-9-6-10-28(34)31(27)32(35)36/h5-18,33-34H,19H2,1-4H3,(H,35,36)/b12-11+. The van der Waals surface area contributed by atoms with E-state index in [9.17, 15) is 15.0 Å². The Labute approximate surface area is 227 Å². The van der Waals surface area contributed by atoms with Crippen LogP contribution in [0.25, 0.3) is 23.3 Å². The van der Waals surface area contributed by atoms with Crippen LogP contribution in [0.4, 0.5) is 5.69 Å². The lowest BCUT2D eigenvalue weighted by atomic mass is 9.96. The summed E-state index contributed by atoms with van der Waals surface area (Å²) in [5, 5.41) is 22.6. The lowest BCUT2D eigenvalue weighted by Gasteiger charge is -2.17. The molecule has 0 aliphatic carbocycles. The third kappa shape index (κ3) is 5.99. The molecule has 0 atom stereocenters. The highest BCUT2D eigenvalue weighted by Gasteiger charge is 2.17. The van der Waals surface area contributed by atoms with Crippen molar-refractivity contribution >= 4 is 23.8 Å². The minimum Gasteiger partial charge on any atom is -0.507 e. The summed E-state index contributed by atoms with van der Waals surface area (Å²) < 4.78 is 16.6. The number of ether oxygens (including phenoxy) is 3. The van der Waals surface area contributed by atoms with Crippen molar-refractivity contribution in [1.29, 1.82) is 0 Å². The van der Waals surface area contributed by atoms with Crippen LogP contribution >= 0.6 is 0 Å². The van der Waals surface area contributed by atoms with Crippen LogP contribution in [-0.2, 0) is 6.54 Å². The van der Waals surface area contributed by atoms with Crippen molar-refractivity contribution in [3.63, 3.8) is 0 Å². The number of phenols is 1. The van der Waals surface area contributed by atoms with Crippen molar-refractivity contribution in [3.05, 3.63) is 101 Å². The molecule has 4 rings (SSSR count). The van der Waals surface area contributed by atoms with Crippen molar-refractivity contribution < 1.29 is 29.2 Å². The summed E-state index contributed by atoms with van der Waals surface area (Å²) in [6.45, 7) is 2.32. The van der Waals surface area contributed by atoms with Crippen LogP contribution in [0.1, 0.15) is 32.6 Å². The minimum absolute atomic E-state index is 0.192. The van der Waals surface area contributed by atoms with Gasteiger partial charge in [0.2, 0.25) is 0 Å². The van der Waals surface area contributed by atoms with Crippen LogP contribution in [0.2, 0.25) is 0 Å². The van der Waals surface area contributed by atoms with E-state index in [0.29, 0.717) is 17.2 Å². The van der Waals surface area contributed by atoms with Crippen molar-refractivity contribution in [2.75, 3.05) is 26.6 Å². The van der Waals surface area contributed by atoms with Gasteiger partial charge in [0, 0.05) is 6.54 Å². The van der Waals surface area contributed by atoms with Gasteiger partial charge in [0.05, 0.1) is 32.6 Å². The van der Waals surface area contributed by atoms with Gasteiger partial charge in [-0.25, -0.2) is 4.79 Å². The number of hydrogen-bond donors (Lipinski definition) is 3. The predicted octanol–water partition coefficient (Wildman–Crippen LogP) is 6.87. The lowest BCUT2D eigenvalue weighted by Crippen LogP contribution is -2.08. The summed E-state index contributed by atoms with van der Waals surface area (Å²) in [5.41, 5.74) is 6.19. The van der Waals surface area contributed by atoms with E-state index in [2.05, 4.69) is 30.4 Å². The molecule has 4 aromatic carbocycles. The van der Waals surface area contributed by atoms with E-state index in [1.807, 2.05) is 48.5 Å². The fourth-order valence-corrected chi connectivity index (χ4v) is 4.47. The van der Waals surface area contributed by atoms with Gasteiger partial charge in [0.25, 0.3) is 0 Å². The zero-order valence-electron chi connectivity index (χ0n) is 22.3. The van der Waals surface area contributed by atoms with Crippen molar-refractivity contribution in [3.8, 4) is 34.1 Å². The fourth-order valence-electron chi connectivity index (χ4n) is 4.47. The molecule has 7 nitrogen and oxygen atoms in total. The summed E-state index contributed by atoms with van der Waals surface area (Å²) in [6, 6.07) is 22.5. The molecule has 0 unspecified atom stereocenters. The van der Waals surface area contributed by atoms with Gasteiger partial charge >= 0.3 is 5.97 Å². The van der Waals surface area contributed by atoms with Gasteiger partial charge in [-0.05, 0) is 71.1 Å². The first kappa shape index (κ1) is 27.1. The molecule has 4 aromatic rings. The molecule has 0 heterocycles. The quantitative estimate of drug-likeness (QED) is 0.194. The summed E-state index contributed by atoms with van der Waals surface area (Å²) in [4.78, 5) is 11.6. The third-order valence-electron chi connectivity index (χ3n) is 6.57. The second-order valence-corrected chi connectivity index (χ2v) is 8.84. The maximum absolute atomic E-state index is 11.6. The largest absolute Gasteiger partial charge is 0.507 e. The molecule has 0 amide bonds. The maximum Gasteiger partial charge on any atom is 0.341 e. The highest BCUT2D eigenvalue weighted by molar-refractivity contribution is 5.97. The molecule has 0 spiro atoms. The molecule has 200 valence electrons. The van der Waals surface area contributed by atoms with Crippen LogP contribution in [0.15, 0.2) is 72.8 Å². The number of aromatic carboxylic acids is 1. The Balaban J connectivity index is 1.61. The van der Waals surface area contributed by atoms with Crippen LogP contribution < -0.4 is 19.5 Å². The molecule has 0 aliphatic rings. The number of benzene rings is 4. The number of nitrogens with one attached hydrogen (secondary N) is 1. The zero-order chi connectivity index (χ0) is 27.9. The number of methoxy groups -OCH3 is 3. The summed E-state index contributed by atoms with van der Waals surface area (Å²) in [6.07, 6.45) is 4.06. The second-order valence-electron chi connectivity index (χ2n) is 8.84. The number of hydrogen-bond acceptors (Lipinski definition) is 6. The molecule has 7 heteroatoms. The maximum atomic E-state index is 11.6. The average Bonchev–Trinajstić information content (AvgIpc) is 2.95. The molecule has 0 bridgehead atoms. The van der Waals surface area contributed by atoms with E-state index >= 15 is 0 Å². The minimum atomic E-state index is -1.22. The summed E-state index contributed by atoms with van der Waals surface area (Å²) in [7, 11) is 4.80. The molecule has 0 saturated carbocycles. The van der Waals surface area contributed by atoms with Crippen LogP contribution in [0.5, 0.6) is 23.0 Å². The van der Waals surface area contributed by atoms with Crippen LogP contribution in [0, 0.1) is 6.92 Å². The van der Waals surface area contributed by atoms with E-state index < -0.39 is 5.97 Å². The monoisotopic (exact) mass is 525 g/mol. The van der Waals surface area contributed by atoms with Crippen LogP contribution in [-0.4, -0.2) is 37.5 Å². The van der Waals surface area contributed by atoms with Gasteiger partial charge in [0.1, 0.15) is 28.6 Å². The van der Waals surface area contributed by atoms with Crippen molar-refractivity contribution in [1.82, 2.24) is 0 Å². The third-order valence-corrected chi connectivity index (χ3v) is 6.57. The fraction of sp³-hybridized carbons (Fsp3) is 0.156. The van der Waals surface area contributed by atoms with Gasteiger partial charge in [-0.2, -0.15) is 0 Å².